The molecular weight excluding hydrogens is 376 g/mol. The van der Waals surface area contributed by atoms with E-state index in [0.717, 1.165) is 25.7 Å². The molecule has 1 aliphatic rings. The molecule has 29 heavy (non-hydrogen) atoms. The van der Waals surface area contributed by atoms with Crippen molar-refractivity contribution in [2.45, 2.75) is 64.7 Å². The maximum absolute atomic E-state index is 12.0. The third-order valence-corrected chi connectivity index (χ3v) is 4.44. The Morgan fingerprint density at radius 1 is 1.31 bits per heavy atom. The first kappa shape index (κ1) is 24.8. The Balaban J connectivity index is 0.00000204. The number of hydrogen-bond acceptors (Lipinski definition) is 6. The zero-order valence-electron chi connectivity index (χ0n) is 17.4. The number of aliphatic hydroxyl groups is 1. The maximum Gasteiger partial charge on any atom is 0.330 e. The summed E-state index contributed by atoms with van der Waals surface area (Å²) < 4.78 is 6.85. The van der Waals surface area contributed by atoms with Crippen molar-refractivity contribution in [3.05, 3.63) is 38.7 Å². The number of aromatic amines is 1. The van der Waals surface area contributed by atoms with Crippen molar-refractivity contribution in [2.75, 3.05) is 19.7 Å². The molecule has 1 fully saturated rings. The molecule has 2 rings (SSSR count). The van der Waals surface area contributed by atoms with Gasteiger partial charge >= 0.3 is 5.69 Å². The second-order valence-electron chi connectivity index (χ2n) is 6.55. The first-order chi connectivity index (χ1) is 14.0. The monoisotopic (exact) mass is 410 g/mol. The van der Waals surface area contributed by atoms with Gasteiger partial charge in [0.1, 0.15) is 6.23 Å². The van der Waals surface area contributed by atoms with Gasteiger partial charge in [-0.05, 0) is 38.3 Å². The Morgan fingerprint density at radius 3 is 2.69 bits per heavy atom. The molecule has 0 bridgehead atoms. The predicted octanol–water partition coefficient (Wildman–Crippen LogP) is 0.881. The minimum absolute atomic E-state index is 0.117. The standard InChI is InChI=1S/C18H28N4O5.C2H6/c19-9-3-1-2-4-10-20-15(24)7-5-13-11-22(18(26)21-17(13)25)16-8-6-14(12-23)27-16;1-2/h5,7,11,14,16,23H,1-4,6,8-10,12,19H2,(H,20,24)(H,21,25,26);1-2H3/b7-5+;. The number of nitrogens with two attached hydrogens (primary N) is 1. The van der Waals surface area contributed by atoms with Crippen LogP contribution in [0, 0.1) is 0 Å². The van der Waals surface area contributed by atoms with E-state index in [2.05, 4.69) is 10.3 Å². The fourth-order valence-corrected chi connectivity index (χ4v) is 2.92. The summed E-state index contributed by atoms with van der Waals surface area (Å²) in [6.45, 7) is 5.12. The largest absolute Gasteiger partial charge is 0.394 e. The van der Waals surface area contributed by atoms with Gasteiger partial charge in [-0.3, -0.25) is 19.1 Å². The van der Waals surface area contributed by atoms with Gasteiger partial charge in [-0.15, -0.1) is 0 Å². The third kappa shape index (κ3) is 8.35. The molecule has 9 nitrogen and oxygen atoms in total. The highest BCUT2D eigenvalue weighted by Crippen LogP contribution is 2.26. The number of unbranched alkanes of at least 4 members (excludes halogenated alkanes) is 3. The number of hydrogen-bond donors (Lipinski definition) is 4. The Labute approximate surface area is 171 Å². The van der Waals surface area contributed by atoms with Crippen LogP contribution in [-0.2, 0) is 9.53 Å². The van der Waals surface area contributed by atoms with E-state index in [4.69, 9.17) is 15.6 Å². The van der Waals surface area contributed by atoms with Gasteiger partial charge in [0.15, 0.2) is 0 Å². The van der Waals surface area contributed by atoms with E-state index in [-0.39, 0.29) is 24.2 Å². The number of aliphatic hydroxyl groups excluding tert-OH is 1. The summed E-state index contributed by atoms with van der Waals surface area (Å²) in [5, 5.41) is 11.9. The van der Waals surface area contributed by atoms with Crippen LogP contribution in [0.25, 0.3) is 6.08 Å². The third-order valence-electron chi connectivity index (χ3n) is 4.44. The number of nitrogens with zero attached hydrogens (tertiary/aromatic N) is 1. The van der Waals surface area contributed by atoms with E-state index in [1.165, 1.54) is 22.9 Å². The maximum atomic E-state index is 12.0. The minimum Gasteiger partial charge on any atom is -0.394 e. The molecule has 1 amide bonds. The summed E-state index contributed by atoms with van der Waals surface area (Å²) >= 11 is 0. The molecule has 0 aliphatic carbocycles. The summed E-state index contributed by atoms with van der Waals surface area (Å²) in [6, 6.07) is 0. The van der Waals surface area contributed by atoms with Gasteiger partial charge < -0.3 is 20.9 Å². The van der Waals surface area contributed by atoms with Crippen LogP contribution < -0.4 is 22.3 Å². The summed E-state index contributed by atoms with van der Waals surface area (Å²) in [6.07, 6.45) is 8.25. The Bertz CT molecular complexity index is 756. The minimum atomic E-state index is -0.581. The fraction of sp³-hybridized carbons (Fsp3) is 0.650. The van der Waals surface area contributed by atoms with Crippen molar-refractivity contribution in [2.24, 2.45) is 5.73 Å². The normalized spacial score (nSPS) is 18.5. The molecule has 5 N–H and O–H groups in total. The second-order valence-corrected chi connectivity index (χ2v) is 6.55. The molecule has 2 heterocycles. The van der Waals surface area contributed by atoms with E-state index in [0.29, 0.717) is 25.9 Å². The topological polar surface area (TPSA) is 139 Å². The van der Waals surface area contributed by atoms with Crippen molar-refractivity contribution in [1.29, 1.82) is 0 Å². The predicted molar refractivity (Wildman–Crippen MR) is 112 cm³/mol. The highest BCUT2D eigenvalue weighted by atomic mass is 16.5. The fourth-order valence-electron chi connectivity index (χ4n) is 2.92. The summed E-state index contributed by atoms with van der Waals surface area (Å²) in [7, 11) is 0. The lowest BCUT2D eigenvalue weighted by atomic mass is 10.2. The highest BCUT2D eigenvalue weighted by Gasteiger charge is 2.26. The van der Waals surface area contributed by atoms with E-state index >= 15 is 0 Å². The first-order valence-corrected chi connectivity index (χ1v) is 10.3. The number of carbonyl (C=O) groups is 1. The summed E-state index contributed by atoms with van der Waals surface area (Å²) in [4.78, 5) is 38.1. The van der Waals surface area contributed by atoms with Gasteiger partial charge in [0.2, 0.25) is 5.91 Å². The van der Waals surface area contributed by atoms with Crippen LogP contribution in [-0.4, -0.2) is 46.4 Å². The van der Waals surface area contributed by atoms with Crippen molar-refractivity contribution >= 4 is 12.0 Å². The molecule has 1 saturated heterocycles. The number of aromatic nitrogens is 2. The van der Waals surface area contributed by atoms with Crippen molar-refractivity contribution < 1.29 is 14.6 Å². The van der Waals surface area contributed by atoms with Crippen LogP contribution in [0.15, 0.2) is 21.9 Å². The van der Waals surface area contributed by atoms with Crippen LogP contribution >= 0.6 is 0 Å². The van der Waals surface area contributed by atoms with E-state index in [1.54, 1.807) is 0 Å². The lowest BCUT2D eigenvalue weighted by molar-refractivity contribution is -0.116. The van der Waals surface area contributed by atoms with Crippen molar-refractivity contribution in [3.63, 3.8) is 0 Å². The average molecular weight is 411 g/mol. The average Bonchev–Trinajstić information content (AvgIpc) is 3.20. The van der Waals surface area contributed by atoms with Crippen LogP contribution in [0.1, 0.15) is 64.2 Å². The molecule has 0 aromatic carbocycles. The number of ether oxygens (including phenoxy) is 1. The van der Waals surface area contributed by atoms with Gasteiger partial charge in [-0.2, -0.15) is 0 Å². The van der Waals surface area contributed by atoms with Crippen molar-refractivity contribution in [1.82, 2.24) is 14.9 Å². The van der Waals surface area contributed by atoms with Crippen LogP contribution in [0.5, 0.6) is 0 Å². The van der Waals surface area contributed by atoms with Gasteiger partial charge in [-0.25, -0.2) is 4.79 Å². The lowest BCUT2D eigenvalue weighted by Gasteiger charge is -2.15. The zero-order chi connectivity index (χ0) is 21.6. The van der Waals surface area contributed by atoms with Crippen LogP contribution in [0.3, 0.4) is 0 Å². The zero-order valence-corrected chi connectivity index (χ0v) is 17.4. The van der Waals surface area contributed by atoms with Gasteiger partial charge in [0.25, 0.3) is 5.56 Å². The number of amides is 1. The molecular formula is C20H34N4O5. The summed E-state index contributed by atoms with van der Waals surface area (Å²) in [5.74, 6) is -0.302. The molecule has 9 heteroatoms. The molecule has 0 saturated carbocycles. The molecule has 2 atom stereocenters. The Kier molecular flexibility index (Phi) is 11.9. The van der Waals surface area contributed by atoms with E-state index in [1.807, 2.05) is 13.8 Å². The van der Waals surface area contributed by atoms with E-state index < -0.39 is 17.5 Å². The second kappa shape index (κ2) is 13.9. The highest BCUT2D eigenvalue weighted by molar-refractivity contribution is 5.91. The number of nitrogens with one attached hydrogen (secondary N) is 2. The quantitative estimate of drug-likeness (QED) is 0.333. The van der Waals surface area contributed by atoms with Crippen LogP contribution in [0.2, 0.25) is 0 Å². The molecule has 0 spiro atoms. The van der Waals surface area contributed by atoms with Gasteiger partial charge in [0, 0.05) is 18.8 Å². The lowest BCUT2D eigenvalue weighted by Crippen LogP contribution is -2.33. The molecule has 1 aromatic heterocycles. The smallest absolute Gasteiger partial charge is 0.330 e. The SMILES string of the molecule is CC.NCCCCCCNC(=O)/C=C/c1cn(C2CCC(CO)O2)c(=O)[nH]c1=O. The van der Waals surface area contributed by atoms with E-state index in [9.17, 15) is 14.4 Å². The number of H-pyrrole nitrogens is 1. The number of carbonyl (C=O) groups excluding carboxylic acids is 1. The molecule has 1 aliphatic heterocycles. The molecule has 0 radical (unpaired) electrons. The Hall–Kier alpha value is -2.23. The molecule has 1 aromatic rings. The summed E-state index contributed by atoms with van der Waals surface area (Å²) in [5.41, 5.74) is 4.46. The molecule has 164 valence electrons. The van der Waals surface area contributed by atoms with Gasteiger partial charge in [0.05, 0.1) is 18.3 Å². The van der Waals surface area contributed by atoms with Crippen molar-refractivity contribution in [3.8, 4) is 0 Å². The Morgan fingerprint density at radius 2 is 2.03 bits per heavy atom. The first-order valence-electron chi connectivity index (χ1n) is 10.3. The number of rotatable bonds is 10. The van der Waals surface area contributed by atoms with Gasteiger partial charge in [-0.1, -0.05) is 26.7 Å². The molecule has 2 unspecified atom stereocenters. The van der Waals surface area contributed by atoms with Crippen LogP contribution in [0.4, 0.5) is 0 Å².